The summed E-state index contributed by atoms with van der Waals surface area (Å²) in [6, 6.07) is 5.30. The van der Waals surface area contributed by atoms with Gasteiger partial charge < -0.3 is 24.6 Å². The molecule has 0 unspecified atom stereocenters. The van der Waals surface area contributed by atoms with Crippen LogP contribution in [0.5, 0.6) is 11.5 Å². The molecular weight excluding hydrogens is 199 g/mol. The molecule has 0 amide bonds. The first-order chi connectivity index (χ1) is 7.21. The van der Waals surface area contributed by atoms with Crippen molar-refractivity contribution in [3.8, 4) is 11.5 Å². The van der Waals surface area contributed by atoms with Gasteiger partial charge in [0.2, 0.25) is 0 Å². The average molecular weight is 214 g/mol. The van der Waals surface area contributed by atoms with Gasteiger partial charge in [-0.15, -0.1) is 0 Å². The third kappa shape index (κ3) is 5.26. The quantitative estimate of drug-likeness (QED) is 0.587. The molecule has 0 atom stereocenters. The van der Waals surface area contributed by atoms with Gasteiger partial charge in [-0.3, -0.25) is 0 Å². The van der Waals surface area contributed by atoms with E-state index in [1.165, 1.54) is 0 Å². The predicted molar refractivity (Wildman–Crippen MR) is 57.1 cm³/mol. The topological polar surface area (TPSA) is 79.2 Å². The van der Waals surface area contributed by atoms with E-state index in [0.29, 0.717) is 11.5 Å². The summed E-state index contributed by atoms with van der Waals surface area (Å²) in [6.45, 7) is -0.00639. The van der Waals surface area contributed by atoms with Crippen LogP contribution in [0.4, 0.5) is 0 Å². The summed E-state index contributed by atoms with van der Waals surface area (Å²) in [5.74, 6) is 1.39. The number of hydrogen-bond donors (Lipinski definition) is 3. The fraction of sp³-hybridized carbons (Fsp3) is 0.333. The Morgan fingerprint density at radius 3 is 1.73 bits per heavy atom. The molecule has 6 heteroatoms. The highest BCUT2D eigenvalue weighted by Gasteiger charge is 1.99. The molecule has 0 saturated carbocycles. The van der Waals surface area contributed by atoms with Crippen molar-refractivity contribution in [1.29, 1.82) is 0 Å². The van der Waals surface area contributed by atoms with Crippen LogP contribution >= 0.6 is 0 Å². The highest BCUT2D eigenvalue weighted by molar-refractivity contribution is 6.13. The third-order valence-corrected chi connectivity index (χ3v) is 1.59. The maximum atomic E-state index is 8.87. The number of benzene rings is 1. The molecule has 0 spiro atoms. The lowest BCUT2D eigenvalue weighted by molar-refractivity contribution is 0.280. The molecule has 3 N–H and O–H groups in total. The smallest absolute Gasteiger partial charge is 0.432 e. The van der Waals surface area contributed by atoms with Crippen molar-refractivity contribution < 1.29 is 24.6 Å². The summed E-state index contributed by atoms with van der Waals surface area (Å²) in [5, 5.41) is 23.1. The molecule has 0 aliphatic rings. The Hall–Kier alpha value is -1.24. The molecule has 0 heterocycles. The van der Waals surface area contributed by atoms with E-state index in [4.69, 9.17) is 24.6 Å². The van der Waals surface area contributed by atoms with E-state index in [1.54, 1.807) is 32.4 Å². The summed E-state index contributed by atoms with van der Waals surface area (Å²) in [6.07, 6.45) is 0. The van der Waals surface area contributed by atoms with Crippen molar-refractivity contribution in [1.82, 2.24) is 0 Å². The lowest BCUT2D eigenvalue weighted by Gasteiger charge is -2.05. The van der Waals surface area contributed by atoms with Crippen molar-refractivity contribution in [2.45, 2.75) is 6.61 Å². The Labute approximate surface area is 89.2 Å². The number of aliphatic hydroxyl groups is 1. The van der Waals surface area contributed by atoms with Crippen LogP contribution in [0.3, 0.4) is 0 Å². The van der Waals surface area contributed by atoms with Crippen molar-refractivity contribution in [2.24, 2.45) is 0 Å². The average Bonchev–Trinajstić information content (AvgIpc) is 2.29. The zero-order valence-electron chi connectivity index (χ0n) is 8.80. The van der Waals surface area contributed by atoms with Crippen LogP contribution in [0.1, 0.15) is 5.56 Å². The van der Waals surface area contributed by atoms with Gasteiger partial charge in [0.25, 0.3) is 0 Å². The molecule has 1 aromatic carbocycles. The molecule has 0 aliphatic carbocycles. The van der Waals surface area contributed by atoms with Gasteiger partial charge in [-0.2, -0.15) is 0 Å². The molecule has 0 bridgehead atoms. The third-order valence-electron chi connectivity index (χ3n) is 1.59. The number of ether oxygens (including phenoxy) is 2. The van der Waals surface area contributed by atoms with Gasteiger partial charge in [0.05, 0.1) is 20.8 Å². The van der Waals surface area contributed by atoms with Crippen LogP contribution in [-0.2, 0) is 6.61 Å². The second-order valence-electron chi connectivity index (χ2n) is 2.52. The second-order valence-corrected chi connectivity index (χ2v) is 2.52. The van der Waals surface area contributed by atoms with E-state index in [1.807, 2.05) is 0 Å². The SMILES string of the molecule is COc1cc(CO)cc(OC)c1.OBO. The Balaban J connectivity index is 0.000000583. The van der Waals surface area contributed by atoms with Gasteiger partial charge in [-0.25, -0.2) is 0 Å². The van der Waals surface area contributed by atoms with E-state index in [-0.39, 0.29) is 6.61 Å². The Kier molecular flexibility index (Phi) is 7.44. The standard InChI is InChI=1S/C9H12O3.BH3O2/c1-11-8-3-7(6-10)4-9(5-8)12-2;2-1-3/h3-5,10H,6H2,1-2H3;1-3H. The zero-order chi connectivity index (χ0) is 11.7. The van der Waals surface area contributed by atoms with E-state index in [2.05, 4.69) is 0 Å². The first kappa shape index (κ1) is 13.8. The lowest BCUT2D eigenvalue weighted by Crippen LogP contribution is -1.90. The highest BCUT2D eigenvalue weighted by Crippen LogP contribution is 2.22. The summed E-state index contributed by atoms with van der Waals surface area (Å²) in [5.41, 5.74) is 0.784. The largest absolute Gasteiger partial charge is 0.497 e. The molecule has 15 heavy (non-hydrogen) atoms. The number of hydrogen-bond acceptors (Lipinski definition) is 5. The fourth-order valence-electron chi connectivity index (χ4n) is 0.958. The van der Waals surface area contributed by atoms with Gasteiger partial charge in [0.1, 0.15) is 11.5 Å². The van der Waals surface area contributed by atoms with E-state index in [0.717, 1.165) is 5.56 Å². The first-order valence-electron chi connectivity index (χ1n) is 4.26. The monoisotopic (exact) mass is 214 g/mol. The molecule has 1 rings (SSSR count). The van der Waals surface area contributed by atoms with Gasteiger partial charge in [-0.1, -0.05) is 0 Å². The molecule has 0 radical (unpaired) electrons. The maximum Gasteiger partial charge on any atom is 0.432 e. The first-order valence-corrected chi connectivity index (χ1v) is 4.26. The van der Waals surface area contributed by atoms with Crippen LogP contribution in [0.2, 0.25) is 0 Å². The molecule has 84 valence electrons. The van der Waals surface area contributed by atoms with E-state index in [9.17, 15) is 0 Å². The van der Waals surface area contributed by atoms with Crippen molar-refractivity contribution in [3.63, 3.8) is 0 Å². The van der Waals surface area contributed by atoms with Crippen LogP contribution in [0.25, 0.3) is 0 Å². The zero-order valence-corrected chi connectivity index (χ0v) is 8.80. The van der Waals surface area contributed by atoms with Gasteiger partial charge >= 0.3 is 7.69 Å². The minimum Gasteiger partial charge on any atom is -0.497 e. The lowest BCUT2D eigenvalue weighted by atomic mass is 10.2. The number of aliphatic hydroxyl groups excluding tert-OH is 1. The van der Waals surface area contributed by atoms with Crippen molar-refractivity contribution in [2.75, 3.05) is 14.2 Å². The second kappa shape index (κ2) is 8.10. The molecule has 0 fully saturated rings. The number of rotatable bonds is 3. The molecule has 5 nitrogen and oxygen atoms in total. The maximum absolute atomic E-state index is 8.87. The van der Waals surface area contributed by atoms with Gasteiger partial charge in [-0.05, 0) is 17.7 Å². The van der Waals surface area contributed by atoms with Crippen LogP contribution in [0.15, 0.2) is 18.2 Å². The van der Waals surface area contributed by atoms with Crippen LogP contribution in [0, 0.1) is 0 Å². The van der Waals surface area contributed by atoms with Crippen LogP contribution in [-0.4, -0.2) is 37.1 Å². The Morgan fingerprint density at radius 2 is 1.47 bits per heavy atom. The fourth-order valence-corrected chi connectivity index (χ4v) is 0.958. The Bertz CT molecular complexity index is 224. The normalized spacial score (nSPS) is 8.60. The summed E-state index contributed by atoms with van der Waals surface area (Å²) < 4.78 is 10.0. The van der Waals surface area contributed by atoms with Gasteiger partial charge in [0, 0.05) is 6.07 Å². The van der Waals surface area contributed by atoms with Crippen molar-refractivity contribution in [3.05, 3.63) is 23.8 Å². The molecule has 0 aromatic heterocycles. The molecule has 1 aromatic rings. The summed E-state index contributed by atoms with van der Waals surface area (Å²) >= 11 is 0. The van der Waals surface area contributed by atoms with Crippen LogP contribution < -0.4 is 9.47 Å². The van der Waals surface area contributed by atoms with E-state index >= 15 is 0 Å². The molecular formula is C9H15BO5. The van der Waals surface area contributed by atoms with Crippen molar-refractivity contribution >= 4 is 7.69 Å². The number of methoxy groups -OCH3 is 2. The molecule has 0 saturated heterocycles. The van der Waals surface area contributed by atoms with Gasteiger partial charge in [0.15, 0.2) is 0 Å². The molecule has 0 aliphatic heterocycles. The Morgan fingerprint density at radius 1 is 1.07 bits per heavy atom. The minimum atomic E-state index is -0.750. The highest BCUT2D eigenvalue weighted by atomic mass is 16.5. The summed E-state index contributed by atoms with van der Waals surface area (Å²) in [4.78, 5) is 0. The van der Waals surface area contributed by atoms with E-state index < -0.39 is 7.69 Å². The minimum absolute atomic E-state index is 0.00639. The summed E-state index contributed by atoms with van der Waals surface area (Å²) in [7, 11) is 2.41. The predicted octanol–water partition coefficient (Wildman–Crippen LogP) is -0.566.